The lowest BCUT2D eigenvalue weighted by Crippen LogP contribution is -2.16. The maximum absolute atomic E-state index is 12.0. The van der Waals surface area contributed by atoms with E-state index in [1.165, 1.54) is 6.20 Å². The summed E-state index contributed by atoms with van der Waals surface area (Å²) in [5.74, 6) is -0.452. The maximum Gasteiger partial charge on any atom is 0.281 e. The fraction of sp³-hybridized carbons (Fsp3) is 0. The molecular formula is C11H7ClN4O. The third-order valence-corrected chi connectivity index (χ3v) is 2.55. The standard InChI is InChI=1S/C11H7ClN4O/c12-9-4-2-1-3-8(9)11(17)16-10(14)7(5-13)6-15-16/h1-4,6H,14H2. The van der Waals surface area contributed by atoms with Gasteiger partial charge in [0.1, 0.15) is 17.5 Å². The molecule has 0 radical (unpaired) electrons. The molecule has 6 heteroatoms. The summed E-state index contributed by atoms with van der Waals surface area (Å²) in [4.78, 5) is 12.0. The Morgan fingerprint density at radius 2 is 2.18 bits per heavy atom. The Morgan fingerprint density at radius 3 is 2.76 bits per heavy atom. The lowest BCUT2D eigenvalue weighted by molar-refractivity contribution is 0.0948. The van der Waals surface area contributed by atoms with E-state index in [1.54, 1.807) is 24.3 Å². The number of carbonyl (C=O) groups is 1. The van der Waals surface area contributed by atoms with Crippen molar-refractivity contribution in [2.24, 2.45) is 0 Å². The fourth-order valence-corrected chi connectivity index (χ4v) is 1.57. The molecule has 0 fully saturated rings. The molecule has 17 heavy (non-hydrogen) atoms. The minimum Gasteiger partial charge on any atom is -0.382 e. The number of hydrogen-bond donors (Lipinski definition) is 1. The first-order valence-electron chi connectivity index (χ1n) is 4.68. The van der Waals surface area contributed by atoms with Crippen LogP contribution < -0.4 is 5.73 Å². The van der Waals surface area contributed by atoms with Gasteiger partial charge in [-0.1, -0.05) is 23.7 Å². The molecule has 0 aliphatic heterocycles. The minimum atomic E-state index is -0.463. The van der Waals surface area contributed by atoms with Crippen molar-refractivity contribution >= 4 is 23.3 Å². The second kappa shape index (κ2) is 4.28. The number of benzene rings is 1. The van der Waals surface area contributed by atoms with Gasteiger partial charge in [-0.3, -0.25) is 4.79 Å². The summed E-state index contributed by atoms with van der Waals surface area (Å²) in [6, 6.07) is 8.41. The number of nitrogen functional groups attached to an aromatic ring is 1. The van der Waals surface area contributed by atoms with Crippen LogP contribution in [0.3, 0.4) is 0 Å². The van der Waals surface area contributed by atoms with Crippen LogP contribution >= 0.6 is 11.6 Å². The van der Waals surface area contributed by atoms with Crippen LogP contribution in [-0.4, -0.2) is 15.7 Å². The number of aromatic nitrogens is 2. The number of hydrogen-bond acceptors (Lipinski definition) is 4. The molecule has 0 bridgehead atoms. The summed E-state index contributed by atoms with van der Waals surface area (Å²) < 4.78 is 0.958. The van der Waals surface area contributed by atoms with E-state index in [2.05, 4.69) is 5.10 Å². The van der Waals surface area contributed by atoms with Gasteiger partial charge in [-0.2, -0.15) is 15.0 Å². The molecule has 1 heterocycles. The van der Waals surface area contributed by atoms with Crippen LogP contribution in [0.4, 0.5) is 5.82 Å². The second-order valence-electron chi connectivity index (χ2n) is 3.25. The number of anilines is 1. The molecule has 0 aliphatic rings. The molecule has 0 spiro atoms. The summed E-state index contributed by atoms with van der Waals surface area (Å²) in [6.45, 7) is 0. The fourth-order valence-electron chi connectivity index (χ4n) is 1.35. The van der Waals surface area contributed by atoms with Crippen molar-refractivity contribution < 1.29 is 4.79 Å². The Morgan fingerprint density at radius 1 is 1.47 bits per heavy atom. The zero-order valence-electron chi connectivity index (χ0n) is 8.59. The second-order valence-corrected chi connectivity index (χ2v) is 3.66. The van der Waals surface area contributed by atoms with Crippen molar-refractivity contribution in [1.29, 1.82) is 5.26 Å². The van der Waals surface area contributed by atoms with Crippen LogP contribution in [0.5, 0.6) is 0 Å². The lowest BCUT2D eigenvalue weighted by Gasteiger charge is -2.04. The zero-order valence-corrected chi connectivity index (χ0v) is 9.35. The van der Waals surface area contributed by atoms with Crippen molar-refractivity contribution in [2.75, 3.05) is 5.73 Å². The summed E-state index contributed by atoms with van der Waals surface area (Å²) in [6.07, 6.45) is 1.24. The molecule has 2 aromatic rings. The molecular weight excluding hydrogens is 240 g/mol. The zero-order chi connectivity index (χ0) is 12.4. The number of carbonyl (C=O) groups excluding carboxylic acids is 1. The summed E-state index contributed by atoms with van der Waals surface area (Å²) >= 11 is 5.89. The maximum atomic E-state index is 12.0. The number of halogens is 1. The first kappa shape index (κ1) is 11.2. The van der Waals surface area contributed by atoms with Crippen LogP contribution in [-0.2, 0) is 0 Å². The quantitative estimate of drug-likeness (QED) is 0.830. The molecule has 0 saturated heterocycles. The average molecular weight is 247 g/mol. The predicted molar refractivity (Wildman–Crippen MR) is 62.5 cm³/mol. The first-order chi connectivity index (χ1) is 8.15. The van der Waals surface area contributed by atoms with Crippen LogP contribution in [0.15, 0.2) is 30.5 Å². The highest BCUT2D eigenvalue weighted by Crippen LogP contribution is 2.18. The number of nitrogens with zero attached hydrogens (tertiary/aromatic N) is 3. The van der Waals surface area contributed by atoms with Gasteiger partial charge in [0.25, 0.3) is 5.91 Å². The van der Waals surface area contributed by atoms with Gasteiger partial charge >= 0.3 is 0 Å². The largest absolute Gasteiger partial charge is 0.382 e. The van der Waals surface area contributed by atoms with Gasteiger partial charge in [0.05, 0.1) is 16.8 Å². The summed E-state index contributed by atoms with van der Waals surface area (Å²) in [5.41, 5.74) is 6.06. The van der Waals surface area contributed by atoms with Crippen LogP contribution in [0.1, 0.15) is 15.9 Å². The van der Waals surface area contributed by atoms with Crippen LogP contribution in [0.25, 0.3) is 0 Å². The highest BCUT2D eigenvalue weighted by molar-refractivity contribution is 6.33. The SMILES string of the molecule is N#Cc1cnn(C(=O)c2ccccc2Cl)c1N. The smallest absolute Gasteiger partial charge is 0.281 e. The molecule has 2 N–H and O–H groups in total. The average Bonchev–Trinajstić information content (AvgIpc) is 2.70. The molecule has 0 amide bonds. The van der Waals surface area contributed by atoms with E-state index >= 15 is 0 Å². The molecule has 5 nitrogen and oxygen atoms in total. The normalized spacial score (nSPS) is 9.88. The molecule has 1 aromatic heterocycles. The predicted octanol–water partition coefficient (Wildman–Crippen LogP) is 1.68. The first-order valence-corrected chi connectivity index (χ1v) is 5.05. The Hall–Kier alpha value is -2.32. The van der Waals surface area contributed by atoms with E-state index in [0.29, 0.717) is 5.02 Å². The van der Waals surface area contributed by atoms with Crippen LogP contribution in [0, 0.1) is 11.3 Å². The Kier molecular flexibility index (Phi) is 2.81. The van der Waals surface area contributed by atoms with Gasteiger partial charge in [-0.15, -0.1) is 0 Å². The third kappa shape index (κ3) is 1.86. The summed E-state index contributed by atoms with van der Waals surface area (Å²) in [5, 5.41) is 12.8. The van der Waals surface area contributed by atoms with E-state index in [1.807, 2.05) is 6.07 Å². The topological polar surface area (TPSA) is 84.7 Å². The molecule has 0 atom stereocenters. The van der Waals surface area contributed by atoms with Gasteiger partial charge in [0.2, 0.25) is 0 Å². The Balaban J connectivity index is 2.49. The van der Waals surface area contributed by atoms with Crippen molar-refractivity contribution in [3.05, 3.63) is 46.6 Å². The number of rotatable bonds is 1. The highest BCUT2D eigenvalue weighted by atomic mass is 35.5. The molecule has 84 valence electrons. The van der Waals surface area contributed by atoms with Gasteiger partial charge in [-0.25, -0.2) is 0 Å². The molecule has 0 unspecified atom stereocenters. The molecule has 1 aromatic carbocycles. The molecule has 0 aliphatic carbocycles. The van der Waals surface area contributed by atoms with Crippen molar-refractivity contribution in [1.82, 2.24) is 9.78 Å². The Bertz CT molecular complexity index is 627. The van der Waals surface area contributed by atoms with Gasteiger partial charge in [0.15, 0.2) is 0 Å². The van der Waals surface area contributed by atoms with Crippen molar-refractivity contribution in [3.63, 3.8) is 0 Å². The van der Waals surface area contributed by atoms with Gasteiger partial charge < -0.3 is 5.73 Å². The van der Waals surface area contributed by atoms with Crippen molar-refractivity contribution in [2.45, 2.75) is 0 Å². The van der Waals surface area contributed by atoms with E-state index in [0.717, 1.165) is 4.68 Å². The lowest BCUT2D eigenvalue weighted by atomic mass is 10.2. The van der Waals surface area contributed by atoms with Gasteiger partial charge in [0, 0.05) is 0 Å². The Labute approximate surface area is 102 Å². The monoisotopic (exact) mass is 246 g/mol. The highest BCUT2D eigenvalue weighted by Gasteiger charge is 2.17. The number of nitriles is 1. The van der Waals surface area contributed by atoms with E-state index in [-0.39, 0.29) is 16.9 Å². The minimum absolute atomic E-state index is 0.0115. The van der Waals surface area contributed by atoms with E-state index in [9.17, 15) is 4.79 Å². The van der Waals surface area contributed by atoms with Crippen LogP contribution in [0.2, 0.25) is 5.02 Å². The number of nitrogens with two attached hydrogens (primary N) is 1. The van der Waals surface area contributed by atoms with E-state index < -0.39 is 5.91 Å². The van der Waals surface area contributed by atoms with E-state index in [4.69, 9.17) is 22.6 Å². The van der Waals surface area contributed by atoms with Crippen molar-refractivity contribution in [3.8, 4) is 6.07 Å². The molecule has 2 rings (SSSR count). The third-order valence-electron chi connectivity index (χ3n) is 2.22. The van der Waals surface area contributed by atoms with Gasteiger partial charge in [-0.05, 0) is 12.1 Å². The molecule has 0 saturated carbocycles. The summed E-state index contributed by atoms with van der Waals surface area (Å²) in [7, 11) is 0.